The summed E-state index contributed by atoms with van der Waals surface area (Å²) < 4.78 is 12.1. The number of H-pyrrole nitrogens is 1. The van der Waals surface area contributed by atoms with Gasteiger partial charge in [0.2, 0.25) is 0 Å². The Morgan fingerprint density at radius 3 is 2.45 bits per heavy atom. The first-order chi connectivity index (χ1) is 18.0. The number of benzene rings is 1. The van der Waals surface area contributed by atoms with E-state index in [9.17, 15) is 19.2 Å². The number of methoxy groups -OCH3 is 1. The molecule has 1 aliphatic rings. The van der Waals surface area contributed by atoms with Gasteiger partial charge >= 0.3 is 6.09 Å². The van der Waals surface area contributed by atoms with Crippen LogP contribution in [0.3, 0.4) is 0 Å². The van der Waals surface area contributed by atoms with Crippen molar-refractivity contribution in [3.63, 3.8) is 0 Å². The van der Waals surface area contributed by atoms with Crippen LogP contribution in [0.5, 0.6) is 5.75 Å². The predicted molar refractivity (Wildman–Crippen MR) is 140 cm³/mol. The normalized spacial score (nSPS) is 14.4. The maximum atomic E-state index is 12.9. The summed E-state index contributed by atoms with van der Waals surface area (Å²) in [7, 11) is 1.57. The number of hydrogen-bond donors (Lipinski definition) is 2. The maximum Gasteiger partial charge on any atom is 0.410 e. The van der Waals surface area contributed by atoms with Gasteiger partial charge in [0, 0.05) is 31.5 Å². The quantitative estimate of drug-likeness (QED) is 0.486. The van der Waals surface area contributed by atoms with Crippen molar-refractivity contribution in [3.8, 4) is 5.75 Å². The van der Waals surface area contributed by atoms with Crippen LogP contribution in [0.15, 0.2) is 41.3 Å². The van der Waals surface area contributed by atoms with Crippen LogP contribution in [0, 0.1) is 0 Å². The topological polar surface area (TPSA) is 135 Å². The highest BCUT2D eigenvalue weighted by atomic mass is 16.6. The van der Waals surface area contributed by atoms with E-state index in [1.165, 1.54) is 12.3 Å². The molecule has 1 saturated heterocycles. The smallest absolute Gasteiger partial charge is 0.410 e. The highest BCUT2D eigenvalue weighted by molar-refractivity contribution is 6.01. The molecule has 1 aromatic carbocycles. The van der Waals surface area contributed by atoms with Crippen LogP contribution in [-0.2, 0) is 16.0 Å². The van der Waals surface area contributed by atoms with E-state index in [0.29, 0.717) is 37.4 Å². The van der Waals surface area contributed by atoms with Gasteiger partial charge in [0.05, 0.1) is 25.5 Å². The highest BCUT2D eigenvalue weighted by Crippen LogP contribution is 2.28. The second kappa shape index (κ2) is 11.1. The molecule has 0 unspecified atom stereocenters. The van der Waals surface area contributed by atoms with Crippen LogP contribution < -0.4 is 15.6 Å². The van der Waals surface area contributed by atoms with Crippen LogP contribution in [0.25, 0.3) is 5.65 Å². The molecule has 11 nitrogen and oxygen atoms in total. The zero-order chi connectivity index (χ0) is 27.4. The first-order valence-electron chi connectivity index (χ1n) is 12.6. The number of nitrogens with zero attached hydrogens (tertiary/aromatic N) is 3. The Balaban J connectivity index is 1.41. The van der Waals surface area contributed by atoms with Gasteiger partial charge in [-0.1, -0.05) is 12.1 Å². The minimum absolute atomic E-state index is 0.0274. The van der Waals surface area contributed by atoms with E-state index in [0.717, 1.165) is 5.56 Å². The molecule has 0 aliphatic carbocycles. The number of carbonyl (C=O) groups is 3. The molecule has 0 bridgehead atoms. The van der Waals surface area contributed by atoms with E-state index < -0.39 is 11.5 Å². The van der Waals surface area contributed by atoms with Gasteiger partial charge in [0.1, 0.15) is 22.6 Å². The van der Waals surface area contributed by atoms with Gasteiger partial charge in [-0.2, -0.15) is 5.10 Å². The number of rotatable bonds is 7. The Morgan fingerprint density at radius 2 is 1.82 bits per heavy atom. The number of carbonyl (C=O) groups excluding carboxylic acids is 3. The molecule has 1 aliphatic heterocycles. The van der Waals surface area contributed by atoms with Crippen molar-refractivity contribution in [1.29, 1.82) is 0 Å². The minimum Gasteiger partial charge on any atom is -0.497 e. The van der Waals surface area contributed by atoms with Crippen LogP contribution in [0.1, 0.15) is 61.1 Å². The Bertz CT molecular complexity index is 1380. The van der Waals surface area contributed by atoms with Crippen molar-refractivity contribution in [3.05, 3.63) is 63.7 Å². The third kappa shape index (κ3) is 6.39. The Kier molecular flexibility index (Phi) is 7.84. The highest BCUT2D eigenvalue weighted by Gasteiger charge is 2.29. The van der Waals surface area contributed by atoms with Crippen LogP contribution in [-0.4, -0.2) is 69.6 Å². The maximum absolute atomic E-state index is 12.9. The van der Waals surface area contributed by atoms with Crippen molar-refractivity contribution in [2.24, 2.45) is 0 Å². The number of piperidine rings is 1. The lowest BCUT2D eigenvalue weighted by Crippen LogP contribution is -2.41. The first kappa shape index (κ1) is 26.9. The lowest BCUT2D eigenvalue weighted by atomic mass is 9.93. The first-order valence-corrected chi connectivity index (χ1v) is 12.6. The van der Waals surface area contributed by atoms with Crippen molar-refractivity contribution < 1.29 is 23.9 Å². The molecule has 3 aromatic rings. The zero-order valence-electron chi connectivity index (χ0n) is 22.1. The van der Waals surface area contributed by atoms with Gasteiger partial charge in [-0.05, 0) is 51.3 Å². The number of aromatic amines is 1. The molecule has 4 rings (SSSR count). The van der Waals surface area contributed by atoms with Gasteiger partial charge in [0.15, 0.2) is 5.78 Å². The van der Waals surface area contributed by atoms with Crippen LogP contribution in [0.4, 0.5) is 4.79 Å². The molecule has 0 radical (unpaired) electrons. The number of fused-ring (bicyclic) bond motifs is 1. The summed E-state index contributed by atoms with van der Waals surface area (Å²) in [5.41, 5.74) is 0.996. The van der Waals surface area contributed by atoms with E-state index in [-0.39, 0.29) is 47.5 Å². The van der Waals surface area contributed by atoms with Gasteiger partial charge in [0.25, 0.3) is 11.5 Å². The fourth-order valence-corrected chi connectivity index (χ4v) is 4.46. The second-order valence-corrected chi connectivity index (χ2v) is 10.4. The number of nitrogens with one attached hydrogen (secondary N) is 2. The summed E-state index contributed by atoms with van der Waals surface area (Å²) in [4.78, 5) is 54.5. The number of ketones is 1. The monoisotopic (exact) mass is 523 g/mol. The average Bonchev–Trinajstić information content (AvgIpc) is 3.30. The van der Waals surface area contributed by atoms with Gasteiger partial charge in [-0.25, -0.2) is 9.31 Å². The van der Waals surface area contributed by atoms with E-state index in [1.54, 1.807) is 40.8 Å². The molecule has 0 saturated carbocycles. The summed E-state index contributed by atoms with van der Waals surface area (Å²) in [5, 5.41) is 6.98. The molecule has 3 heterocycles. The van der Waals surface area contributed by atoms with Gasteiger partial charge in [-0.3, -0.25) is 14.4 Å². The SMILES string of the molecule is COc1ccc(CC(=O)CNC(=O)c2cnn3c(C4CCN(C(=O)OC(C)(C)C)CC4)cc(=O)[nH]c23)cc1. The number of likely N-dealkylation sites (tertiary alicyclic amines) is 1. The summed E-state index contributed by atoms with van der Waals surface area (Å²) in [6, 6.07) is 8.63. The molecule has 38 heavy (non-hydrogen) atoms. The van der Waals surface area contributed by atoms with Crippen molar-refractivity contribution in [2.75, 3.05) is 26.7 Å². The predicted octanol–water partition coefficient (Wildman–Crippen LogP) is 2.69. The van der Waals surface area contributed by atoms with E-state index in [2.05, 4.69) is 15.4 Å². The lowest BCUT2D eigenvalue weighted by molar-refractivity contribution is -0.117. The number of ether oxygens (including phenoxy) is 2. The zero-order valence-corrected chi connectivity index (χ0v) is 22.1. The Hall–Kier alpha value is -4.15. The Labute approximate surface area is 220 Å². The number of hydrogen-bond acceptors (Lipinski definition) is 7. The molecule has 202 valence electrons. The van der Waals surface area contributed by atoms with E-state index in [1.807, 2.05) is 20.8 Å². The van der Waals surface area contributed by atoms with Gasteiger partial charge in [-0.15, -0.1) is 0 Å². The average molecular weight is 524 g/mol. The molecule has 0 spiro atoms. The summed E-state index contributed by atoms with van der Waals surface area (Å²) in [6.07, 6.45) is 2.44. The molecule has 2 aromatic heterocycles. The molecule has 2 amide bonds. The second-order valence-electron chi connectivity index (χ2n) is 10.4. The molecule has 11 heteroatoms. The number of amides is 2. The largest absolute Gasteiger partial charge is 0.497 e. The summed E-state index contributed by atoms with van der Waals surface area (Å²) in [6.45, 7) is 6.29. The Morgan fingerprint density at radius 1 is 1.13 bits per heavy atom. The fraction of sp³-hybridized carbons (Fsp3) is 0.444. The van der Waals surface area contributed by atoms with Crippen LogP contribution in [0.2, 0.25) is 0 Å². The van der Waals surface area contributed by atoms with Crippen molar-refractivity contribution in [1.82, 2.24) is 24.8 Å². The molecule has 0 atom stereocenters. The van der Waals surface area contributed by atoms with Crippen molar-refractivity contribution >= 4 is 23.4 Å². The molecular formula is C27H33N5O6. The summed E-state index contributed by atoms with van der Waals surface area (Å²) >= 11 is 0. The molecule has 2 N–H and O–H groups in total. The third-order valence-electron chi connectivity index (χ3n) is 6.35. The van der Waals surface area contributed by atoms with E-state index in [4.69, 9.17) is 9.47 Å². The van der Waals surface area contributed by atoms with Crippen molar-refractivity contribution in [2.45, 2.75) is 51.6 Å². The number of aromatic nitrogens is 3. The third-order valence-corrected chi connectivity index (χ3v) is 6.35. The molecular weight excluding hydrogens is 490 g/mol. The minimum atomic E-state index is -0.570. The van der Waals surface area contributed by atoms with Gasteiger partial charge < -0.3 is 24.7 Å². The van der Waals surface area contributed by atoms with E-state index >= 15 is 0 Å². The molecule has 1 fully saturated rings. The lowest BCUT2D eigenvalue weighted by Gasteiger charge is -2.33. The fourth-order valence-electron chi connectivity index (χ4n) is 4.46. The standard InChI is InChI=1S/C27H33N5O6/c1-27(2,3)38-26(36)31-11-9-18(10-12-31)22-14-23(34)30-24-21(16-29-32(22)24)25(35)28-15-19(33)13-17-5-7-20(37-4)8-6-17/h5-8,14,16,18H,9-13,15H2,1-4H3,(H,28,35)(H,30,34). The number of Topliss-reactive ketones (excluding diaryl/α,β-unsaturated/α-hetero) is 1. The summed E-state index contributed by atoms with van der Waals surface area (Å²) in [5.74, 6) is 0.00598. The van der Waals surface area contributed by atoms with Crippen LogP contribution >= 0.6 is 0 Å².